The van der Waals surface area contributed by atoms with Crippen LogP contribution < -0.4 is 10.5 Å². The summed E-state index contributed by atoms with van der Waals surface area (Å²) in [5.41, 5.74) is 0.796. The van der Waals surface area contributed by atoms with Crippen molar-refractivity contribution in [2.75, 3.05) is 11.4 Å². The fraction of sp³-hybridized carbons (Fsp3) is 0.529. The molecule has 2 aromatic rings. The molecule has 0 aromatic carbocycles. The van der Waals surface area contributed by atoms with Crippen LogP contribution in [0.4, 0.5) is 5.95 Å². The summed E-state index contributed by atoms with van der Waals surface area (Å²) in [4.78, 5) is 23.0. The standard InChI is InChI=1S/C17H23N5O/c1-17(2,3)14-7-8-15(23)22(20-14)12-13-6-4-11-21(13)16-18-9-5-10-19-16/h5,7-10,13H,4,6,11-12H2,1-3H3. The zero-order valence-electron chi connectivity index (χ0n) is 13.9. The average Bonchev–Trinajstić information content (AvgIpc) is 2.97. The van der Waals surface area contributed by atoms with Gasteiger partial charge in [0.2, 0.25) is 5.95 Å². The van der Waals surface area contributed by atoms with Gasteiger partial charge in [-0.1, -0.05) is 20.8 Å². The molecule has 0 bridgehead atoms. The van der Waals surface area contributed by atoms with E-state index in [1.54, 1.807) is 23.1 Å². The maximum Gasteiger partial charge on any atom is 0.266 e. The van der Waals surface area contributed by atoms with Gasteiger partial charge in [0.1, 0.15) is 0 Å². The fourth-order valence-corrected chi connectivity index (χ4v) is 2.91. The lowest BCUT2D eigenvalue weighted by Gasteiger charge is -2.25. The number of aromatic nitrogens is 4. The van der Waals surface area contributed by atoms with E-state index in [4.69, 9.17) is 0 Å². The monoisotopic (exact) mass is 313 g/mol. The van der Waals surface area contributed by atoms with Crippen molar-refractivity contribution in [1.82, 2.24) is 19.7 Å². The number of hydrogen-bond donors (Lipinski definition) is 0. The molecular weight excluding hydrogens is 290 g/mol. The molecule has 0 saturated carbocycles. The first-order chi connectivity index (χ1) is 10.9. The highest BCUT2D eigenvalue weighted by atomic mass is 16.1. The summed E-state index contributed by atoms with van der Waals surface area (Å²) >= 11 is 0. The molecule has 1 aliphatic rings. The third kappa shape index (κ3) is 3.41. The Bertz CT molecular complexity index is 720. The Morgan fingerprint density at radius 3 is 2.65 bits per heavy atom. The quantitative estimate of drug-likeness (QED) is 0.867. The molecule has 2 aromatic heterocycles. The van der Waals surface area contributed by atoms with E-state index in [2.05, 4.69) is 40.7 Å². The van der Waals surface area contributed by atoms with Crippen LogP contribution in [0.25, 0.3) is 0 Å². The summed E-state index contributed by atoms with van der Waals surface area (Å²) in [6, 6.07) is 5.46. The molecular formula is C17H23N5O. The smallest absolute Gasteiger partial charge is 0.266 e. The molecule has 1 atom stereocenters. The minimum Gasteiger partial charge on any atom is -0.336 e. The van der Waals surface area contributed by atoms with Crippen LogP contribution in [0.2, 0.25) is 0 Å². The molecule has 6 heteroatoms. The van der Waals surface area contributed by atoms with E-state index in [-0.39, 0.29) is 17.0 Å². The summed E-state index contributed by atoms with van der Waals surface area (Å²) in [5.74, 6) is 0.732. The summed E-state index contributed by atoms with van der Waals surface area (Å²) in [6.45, 7) is 7.79. The van der Waals surface area contributed by atoms with Crippen LogP contribution >= 0.6 is 0 Å². The molecule has 1 unspecified atom stereocenters. The van der Waals surface area contributed by atoms with Crippen LogP contribution in [-0.4, -0.2) is 32.3 Å². The topological polar surface area (TPSA) is 63.9 Å². The van der Waals surface area contributed by atoms with Crippen molar-refractivity contribution in [3.05, 3.63) is 46.6 Å². The predicted molar refractivity (Wildman–Crippen MR) is 89.6 cm³/mol. The van der Waals surface area contributed by atoms with Crippen LogP contribution in [0.15, 0.2) is 35.4 Å². The van der Waals surface area contributed by atoms with E-state index in [1.165, 1.54) is 0 Å². The number of nitrogens with zero attached hydrogens (tertiary/aromatic N) is 5. The first-order valence-corrected chi connectivity index (χ1v) is 8.07. The minimum atomic E-state index is -0.0760. The third-order valence-corrected chi connectivity index (χ3v) is 4.20. The number of anilines is 1. The summed E-state index contributed by atoms with van der Waals surface area (Å²) in [5, 5.41) is 4.57. The molecule has 23 heavy (non-hydrogen) atoms. The lowest BCUT2D eigenvalue weighted by molar-refractivity contribution is 0.455. The Balaban J connectivity index is 1.85. The molecule has 0 aliphatic carbocycles. The van der Waals surface area contributed by atoms with E-state index in [9.17, 15) is 4.79 Å². The van der Waals surface area contributed by atoms with Crippen molar-refractivity contribution >= 4 is 5.95 Å². The molecule has 0 amide bonds. The fourth-order valence-electron chi connectivity index (χ4n) is 2.91. The highest BCUT2D eigenvalue weighted by molar-refractivity contribution is 5.32. The lowest BCUT2D eigenvalue weighted by atomic mass is 9.92. The lowest BCUT2D eigenvalue weighted by Crippen LogP contribution is -2.38. The summed E-state index contributed by atoms with van der Waals surface area (Å²) < 4.78 is 1.59. The molecule has 0 N–H and O–H groups in total. The molecule has 0 spiro atoms. The highest BCUT2D eigenvalue weighted by Crippen LogP contribution is 2.23. The average molecular weight is 313 g/mol. The van der Waals surface area contributed by atoms with E-state index >= 15 is 0 Å². The normalized spacial score (nSPS) is 18.4. The van der Waals surface area contributed by atoms with Gasteiger partial charge in [0, 0.05) is 30.4 Å². The molecule has 0 radical (unpaired) electrons. The predicted octanol–water partition coefficient (Wildman–Crippen LogP) is 2.00. The zero-order chi connectivity index (χ0) is 16.4. The van der Waals surface area contributed by atoms with Crippen molar-refractivity contribution in [3.8, 4) is 0 Å². The molecule has 1 saturated heterocycles. The van der Waals surface area contributed by atoms with Crippen molar-refractivity contribution in [1.29, 1.82) is 0 Å². The first-order valence-electron chi connectivity index (χ1n) is 8.07. The van der Waals surface area contributed by atoms with Crippen molar-refractivity contribution in [2.24, 2.45) is 0 Å². The van der Waals surface area contributed by atoms with E-state index in [0.717, 1.165) is 31.0 Å². The van der Waals surface area contributed by atoms with Crippen molar-refractivity contribution in [3.63, 3.8) is 0 Å². The summed E-state index contributed by atoms with van der Waals surface area (Å²) in [6.07, 6.45) is 5.60. The maximum absolute atomic E-state index is 12.2. The molecule has 122 valence electrons. The second-order valence-electron chi connectivity index (χ2n) is 7.03. The van der Waals surface area contributed by atoms with Gasteiger partial charge in [-0.3, -0.25) is 4.79 Å². The van der Waals surface area contributed by atoms with Gasteiger partial charge < -0.3 is 4.90 Å². The SMILES string of the molecule is CC(C)(C)c1ccc(=O)n(CC2CCCN2c2ncccn2)n1. The summed E-state index contributed by atoms with van der Waals surface area (Å²) in [7, 11) is 0. The second-order valence-corrected chi connectivity index (χ2v) is 7.03. The Hall–Kier alpha value is -2.24. The van der Waals surface area contributed by atoms with Crippen molar-refractivity contribution in [2.45, 2.75) is 51.6 Å². The van der Waals surface area contributed by atoms with Gasteiger partial charge in [0.05, 0.1) is 18.3 Å². The molecule has 1 fully saturated rings. The minimum absolute atomic E-state index is 0.0566. The molecule has 1 aliphatic heterocycles. The van der Waals surface area contributed by atoms with Gasteiger partial charge in [0.15, 0.2) is 0 Å². The molecule has 6 nitrogen and oxygen atoms in total. The van der Waals surface area contributed by atoms with Gasteiger partial charge in [0.25, 0.3) is 5.56 Å². The highest BCUT2D eigenvalue weighted by Gasteiger charge is 2.28. The van der Waals surface area contributed by atoms with Crippen LogP contribution in [0.1, 0.15) is 39.3 Å². The Labute approximate surface area is 136 Å². The van der Waals surface area contributed by atoms with Gasteiger partial charge >= 0.3 is 0 Å². The van der Waals surface area contributed by atoms with Crippen LogP contribution in [0.3, 0.4) is 0 Å². The Morgan fingerprint density at radius 2 is 1.96 bits per heavy atom. The third-order valence-electron chi connectivity index (χ3n) is 4.20. The van der Waals surface area contributed by atoms with E-state index < -0.39 is 0 Å². The first kappa shape index (κ1) is 15.6. The second kappa shape index (κ2) is 6.10. The van der Waals surface area contributed by atoms with Crippen LogP contribution in [-0.2, 0) is 12.0 Å². The molecule has 3 heterocycles. The van der Waals surface area contributed by atoms with Gasteiger partial charge in [-0.15, -0.1) is 0 Å². The number of hydrogen-bond acceptors (Lipinski definition) is 5. The number of rotatable bonds is 3. The van der Waals surface area contributed by atoms with Gasteiger partial charge in [-0.25, -0.2) is 14.6 Å². The molecule has 3 rings (SSSR count). The largest absolute Gasteiger partial charge is 0.336 e. The van der Waals surface area contributed by atoms with Crippen LogP contribution in [0.5, 0.6) is 0 Å². The van der Waals surface area contributed by atoms with E-state index in [1.807, 2.05) is 12.1 Å². The van der Waals surface area contributed by atoms with E-state index in [0.29, 0.717) is 6.54 Å². The maximum atomic E-state index is 12.2. The Kier molecular flexibility index (Phi) is 4.15. The van der Waals surface area contributed by atoms with Gasteiger partial charge in [-0.05, 0) is 25.0 Å². The van der Waals surface area contributed by atoms with Crippen LogP contribution in [0, 0.1) is 0 Å². The Morgan fingerprint density at radius 1 is 1.22 bits per heavy atom. The zero-order valence-corrected chi connectivity index (χ0v) is 13.9. The van der Waals surface area contributed by atoms with Gasteiger partial charge in [-0.2, -0.15) is 5.10 Å². The van der Waals surface area contributed by atoms with Crippen molar-refractivity contribution < 1.29 is 0 Å².